The number of nitrogens with zero attached hydrogens (tertiary/aromatic N) is 2. The van der Waals surface area contributed by atoms with Crippen molar-refractivity contribution >= 4 is 11.9 Å². The second-order valence-corrected chi connectivity index (χ2v) is 2.38. The van der Waals surface area contributed by atoms with Crippen LogP contribution in [-0.4, -0.2) is 25.0 Å². The van der Waals surface area contributed by atoms with Gasteiger partial charge in [-0.25, -0.2) is 0 Å². The first kappa shape index (κ1) is 9.74. The number of hydrogen-bond donors (Lipinski definition) is 3. The van der Waals surface area contributed by atoms with Crippen LogP contribution >= 0.6 is 0 Å². The Balaban J connectivity index is 4.10. The minimum absolute atomic E-state index is 0.0127. The lowest BCUT2D eigenvalue weighted by Gasteiger charge is -2.07. The van der Waals surface area contributed by atoms with Gasteiger partial charge in [0.25, 0.3) is 0 Å². The van der Waals surface area contributed by atoms with Gasteiger partial charge < -0.3 is 16.8 Å². The summed E-state index contributed by atoms with van der Waals surface area (Å²) < 4.78 is 0. The highest BCUT2D eigenvalue weighted by Gasteiger charge is 1.96. The molecule has 0 saturated carbocycles. The Morgan fingerprint density at radius 1 is 1.36 bits per heavy atom. The minimum Gasteiger partial charge on any atom is -0.370 e. The number of guanidine groups is 2. The monoisotopic (exact) mass is 157 g/mol. The summed E-state index contributed by atoms with van der Waals surface area (Å²) in [4.78, 5) is 7.57. The molecule has 0 radical (unpaired) electrons. The Morgan fingerprint density at radius 2 is 1.91 bits per heavy atom. The van der Waals surface area contributed by atoms with E-state index in [1.807, 2.05) is 13.8 Å². The van der Waals surface area contributed by atoms with Crippen molar-refractivity contribution < 1.29 is 0 Å². The third-order valence-electron chi connectivity index (χ3n) is 0.865. The zero-order valence-corrected chi connectivity index (χ0v) is 7.13. The fraction of sp³-hybridized carbons (Fsp3) is 0.667. The number of nitrogens with two attached hydrogens (primary N) is 2. The summed E-state index contributed by atoms with van der Waals surface area (Å²) >= 11 is 0. The predicted molar refractivity (Wildman–Crippen MR) is 47.4 cm³/mol. The fourth-order valence-corrected chi connectivity index (χ4v) is 0.527. The van der Waals surface area contributed by atoms with E-state index in [4.69, 9.17) is 11.5 Å². The fourth-order valence-electron chi connectivity index (χ4n) is 0.527. The molecule has 5 N–H and O–H groups in total. The molecule has 0 atom stereocenters. The molecule has 0 aromatic rings. The third kappa shape index (κ3) is 5.20. The van der Waals surface area contributed by atoms with Crippen molar-refractivity contribution in [2.75, 3.05) is 7.05 Å². The maximum atomic E-state index is 5.15. The van der Waals surface area contributed by atoms with Crippen LogP contribution in [0.5, 0.6) is 0 Å². The molecule has 0 heterocycles. The summed E-state index contributed by atoms with van der Waals surface area (Å²) in [6.07, 6.45) is 0. The van der Waals surface area contributed by atoms with Crippen LogP contribution < -0.4 is 16.8 Å². The molecule has 0 bridgehead atoms. The van der Waals surface area contributed by atoms with Crippen molar-refractivity contribution in [2.45, 2.75) is 19.9 Å². The van der Waals surface area contributed by atoms with Crippen molar-refractivity contribution in [3.05, 3.63) is 0 Å². The third-order valence-corrected chi connectivity index (χ3v) is 0.865. The number of rotatable bonds is 1. The van der Waals surface area contributed by atoms with Crippen molar-refractivity contribution in [3.63, 3.8) is 0 Å². The predicted octanol–water partition coefficient (Wildman–Crippen LogP) is -0.756. The van der Waals surface area contributed by atoms with Gasteiger partial charge in [0, 0.05) is 13.1 Å². The van der Waals surface area contributed by atoms with Gasteiger partial charge in [0.1, 0.15) is 0 Å². The van der Waals surface area contributed by atoms with Gasteiger partial charge in [-0.1, -0.05) is 0 Å². The topological polar surface area (TPSA) is 88.8 Å². The van der Waals surface area contributed by atoms with Crippen LogP contribution in [0.4, 0.5) is 0 Å². The molecular weight excluding hydrogens is 142 g/mol. The van der Waals surface area contributed by atoms with Gasteiger partial charge in [-0.3, -0.25) is 4.99 Å². The van der Waals surface area contributed by atoms with Gasteiger partial charge in [0.15, 0.2) is 5.96 Å². The SMILES string of the molecule is CN=C(N=C(N)N)NC(C)C. The molecule has 11 heavy (non-hydrogen) atoms. The molecule has 5 heteroatoms. The first-order valence-electron chi connectivity index (χ1n) is 3.39. The summed E-state index contributed by atoms with van der Waals surface area (Å²) in [7, 11) is 1.62. The van der Waals surface area contributed by atoms with E-state index < -0.39 is 0 Å². The summed E-state index contributed by atoms with van der Waals surface area (Å²) in [6, 6.07) is 0.275. The highest BCUT2D eigenvalue weighted by atomic mass is 15.2. The highest BCUT2D eigenvalue weighted by Crippen LogP contribution is 1.80. The maximum Gasteiger partial charge on any atom is 0.221 e. The van der Waals surface area contributed by atoms with Crippen molar-refractivity contribution in [1.29, 1.82) is 0 Å². The largest absolute Gasteiger partial charge is 0.370 e. The highest BCUT2D eigenvalue weighted by molar-refractivity contribution is 5.93. The Bertz CT molecular complexity index is 166. The molecule has 5 nitrogen and oxygen atoms in total. The van der Waals surface area contributed by atoms with E-state index in [9.17, 15) is 0 Å². The number of nitrogens with one attached hydrogen (secondary N) is 1. The maximum absolute atomic E-state index is 5.15. The van der Waals surface area contributed by atoms with Gasteiger partial charge in [-0.2, -0.15) is 4.99 Å². The van der Waals surface area contributed by atoms with Crippen LogP contribution in [0.15, 0.2) is 9.98 Å². The normalized spacial score (nSPS) is 11.5. The summed E-state index contributed by atoms with van der Waals surface area (Å²) in [6.45, 7) is 3.96. The van der Waals surface area contributed by atoms with Crippen molar-refractivity contribution in [3.8, 4) is 0 Å². The van der Waals surface area contributed by atoms with E-state index >= 15 is 0 Å². The van der Waals surface area contributed by atoms with E-state index in [0.29, 0.717) is 5.96 Å². The number of aliphatic imine (C=N–C) groups is 2. The Morgan fingerprint density at radius 3 is 2.18 bits per heavy atom. The van der Waals surface area contributed by atoms with Crippen molar-refractivity contribution in [2.24, 2.45) is 21.5 Å². The second-order valence-electron chi connectivity index (χ2n) is 2.38. The Hall–Kier alpha value is -1.26. The molecular formula is C6H15N5. The minimum atomic E-state index is 0.0127. The smallest absolute Gasteiger partial charge is 0.221 e. The molecule has 0 rings (SSSR count). The Kier molecular flexibility index (Phi) is 4.02. The molecule has 0 aliphatic carbocycles. The molecule has 0 aliphatic heterocycles. The van der Waals surface area contributed by atoms with Gasteiger partial charge in [-0.05, 0) is 13.8 Å². The van der Waals surface area contributed by atoms with E-state index in [1.54, 1.807) is 7.05 Å². The first-order chi connectivity index (χ1) is 5.06. The molecule has 0 amide bonds. The molecule has 64 valence electrons. The molecule has 0 spiro atoms. The van der Waals surface area contributed by atoms with E-state index in [0.717, 1.165) is 0 Å². The summed E-state index contributed by atoms with van der Waals surface area (Å²) in [5.41, 5.74) is 10.3. The van der Waals surface area contributed by atoms with Gasteiger partial charge in [-0.15, -0.1) is 0 Å². The van der Waals surface area contributed by atoms with Gasteiger partial charge >= 0.3 is 0 Å². The van der Waals surface area contributed by atoms with E-state index in [2.05, 4.69) is 15.3 Å². The van der Waals surface area contributed by atoms with Crippen LogP contribution in [0, 0.1) is 0 Å². The molecule has 0 aliphatic rings. The molecule has 0 aromatic heterocycles. The van der Waals surface area contributed by atoms with Crippen LogP contribution in [-0.2, 0) is 0 Å². The molecule has 0 saturated heterocycles. The lowest BCUT2D eigenvalue weighted by molar-refractivity contribution is 0.727. The quantitative estimate of drug-likeness (QED) is 0.345. The van der Waals surface area contributed by atoms with Gasteiger partial charge in [0.2, 0.25) is 5.96 Å². The Labute approximate surface area is 66.6 Å². The lowest BCUT2D eigenvalue weighted by atomic mass is 10.4. The zero-order chi connectivity index (χ0) is 8.85. The van der Waals surface area contributed by atoms with Gasteiger partial charge in [0.05, 0.1) is 0 Å². The van der Waals surface area contributed by atoms with E-state index in [1.165, 1.54) is 0 Å². The lowest BCUT2D eigenvalue weighted by Crippen LogP contribution is -2.33. The second kappa shape index (κ2) is 4.54. The average molecular weight is 157 g/mol. The van der Waals surface area contributed by atoms with E-state index in [-0.39, 0.29) is 12.0 Å². The van der Waals surface area contributed by atoms with Crippen LogP contribution in [0.1, 0.15) is 13.8 Å². The van der Waals surface area contributed by atoms with Crippen molar-refractivity contribution in [1.82, 2.24) is 5.32 Å². The summed E-state index contributed by atoms with van der Waals surface area (Å²) in [5, 5.41) is 2.96. The first-order valence-corrected chi connectivity index (χ1v) is 3.39. The zero-order valence-electron chi connectivity index (χ0n) is 7.13. The average Bonchev–Trinajstić information content (AvgIpc) is 1.84. The van der Waals surface area contributed by atoms with Crippen LogP contribution in [0.25, 0.3) is 0 Å². The molecule has 0 fully saturated rings. The summed E-state index contributed by atoms with van der Waals surface area (Å²) in [5.74, 6) is 0.471. The standard InChI is InChI=1S/C6H15N5/c1-4(2)10-6(9-3)11-5(7)8/h4H,1-3H3,(H5,7,8,9,10,11). The van der Waals surface area contributed by atoms with Crippen LogP contribution in [0.2, 0.25) is 0 Å². The van der Waals surface area contributed by atoms with Crippen LogP contribution in [0.3, 0.4) is 0 Å². The number of hydrogen-bond acceptors (Lipinski definition) is 1. The molecule has 0 unspecified atom stereocenters. The molecule has 0 aromatic carbocycles.